The molecule has 1 aromatic heterocycles. The quantitative estimate of drug-likeness (QED) is 0.846. The van der Waals surface area contributed by atoms with Crippen molar-refractivity contribution in [1.82, 2.24) is 4.98 Å². The van der Waals surface area contributed by atoms with E-state index in [2.05, 4.69) is 24.1 Å². The number of aromatic carboxylic acids is 1. The Morgan fingerprint density at radius 1 is 1.42 bits per heavy atom. The zero-order valence-corrected chi connectivity index (χ0v) is 11.3. The number of allylic oxidation sites excluding steroid dienone is 2. The van der Waals surface area contributed by atoms with Gasteiger partial charge in [0.05, 0.1) is 12.2 Å². The minimum absolute atomic E-state index is 0.221. The second-order valence-corrected chi connectivity index (χ2v) is 5.13. The molecule has 0 bridgehead atoms. The summed E-state index contributed by atoms with van der Waals surface area (Å²) in [6.45, 7) is 4.57. The standard InChI is InChI=1S/C15H19NO3/c1-10-5-3-4-6-12(10)9-19-14-8-13(15(17)18)7-11(2)16-14/h3-4,7-8,10,12H,5-6,9H2,1-2H3,(H,17,18). The van der Waals surface area contributed by atoms with Crippen molar-refractivity contribution in [2.24, 2.45) is 11.8 Å². The van der Waals surface area contributed by atoms with Gasteiger partial charge in [0.25, 0.3) is 0 Å². The smallest absolute Gasteiger partial charge is 0.335 e. The molecule has 2 atom stereocenters. The number of pyridine rings is 1. The average Bonchev–Trinajstić information content (AvgIpc) is 2.37. The molecule has 0 radical (unpaired) electrons. The summed E-state index contributed by atoms with van der Waals surface area (Å²) in [5.41, 5.74) is 0.880. The summed E-state index contributed by atoms with van der Waals surface area (Å²) < 4.78 is 5.68. The number of aryl methyl sites for hydroxylation is 1. The minimum Gasteiger partial charge on any atom is -0.478 e. The van der Waals surface area contributed by atoms with Gasteiger partial charge in [-0.05, 0) is 37.7 Å². The van der Waals surface area contributed by atoms with Crippen LogP contribution in [-0.2, 0) is 0 Å². The van der Waals surface area contributed by atoms with E-state index in [1.807, 2.05) is 0 Å². The van der Waals surface area contributed by atoms with Gasteiger partial charge in [-0.15, -0.1) is 0 Å². The van der Waals surface area contributed by atoms with Gasteiger partial charge in [0.2, 0.25) is 5.88 Å². The predicted octanol–water partition coefficient (Wildman–Crippen LogP) is 3.07. The molecule has 1 N–H and O–H groups in total. The van der Waals surface area contributed by atoms with Crippen LogP contribution in [0.5, 0.6) is 5.88 Å². The van der Waals surface area contributed by atoms with Crippen LogP contribution in [0.3, 0.4) is 0 Å². The van der Waals surface area contributed by atoms with Crippen LogP contribution >= 0.6 is 0 Å². The second-order valence-electron chi connectivity index (χ2n) is 5.13. The Labute approximate surface area is 113 Å². The predicted molar refractivity (Wildman–Crippen MR) is 72.5 cm³/mol. The Hall–Kier alpha value is -1.84. The van der Waals surface area contributed by atoms with Crippen LogP contribution < -0.4 is 4.74 Å². The van der Waals surface area contributed by atoms with Gasteiger partial charge < -0.3 is 9.84 Å². The van der Waals surface area contributed by atoms with Crippen molar-refractivity contribution in [3.8, 4) is 5.88 Å². The molecule has 19 heavy (non-hydrogen) atoms. The number of nitrogens with zero attached hydrogens (tertiary/aromatic N) is 1. The van der Waals surface area contributed by atoms with Crippen LogP contribution in [0.15, 0.2) is 24.3 Å². The lowest BCUT2D eigenvalue weighted by molar-refractivity contribution is 0.0695. The van der Waals surface area contributed by atoms with Crippen molar-refractivity contribution in [2.75, 3.05) is 6.61 Å². The summed E-state index contributed by atoms with van der Waals surface area (Å²) in [4.78, 5) is 15.2. The highest BCUT2D eigenvalue weighted by atomic mass is 16.5. The molecule has 2 rings (SSSR count). The van der Waals surface area contributed by atoms with E-state index in [1.54, 1.807) is 13.0 Å². The number of hydrogen-bond donors (Lipinski definition) is 1. The highest BCUT2D eigenvalue weighted by Crippen LogP contribution is 2.25. The molecule has 2 unspecified atom stereocenters. The van der Waals surface area contributed by atoms with Gasteiger partial charge in [-0.2, -0.15) is 0 Å². The number of hydrogen-bond acceptors (Lipinski definition) is 3. The molecule has 0 aromatic carbocycles. The van der Waals surface area contributed by atoms with Gasteiger partial charge in [-0.1, -0.05) is 19.1 Å². The summed E-state index contributed by atoms with van der Waals surface area (Å²) in [5, 5.41) is 9.00. The Balaban J connectivity index is 2.03. The van der Waals surface area contributed by atoms with Crippen LogP contribution in [0.2, 0.25) is 0 Å². The summed E-state index contributed by atoms with van der Waals surface area (Å²) in [7, 11) is 0. The third kappa shape index (κ3) is 3.56. The van der Waals surface area contributed by atoms with E-state index in [9.17, 15) is 4.79 Å². The fraction of sp³-hybridized carbons (Fsp3) is 0.467. The van der Waals surface area contributed by atoms with E-state index in [1.165, 1.54) is 6.07 Å². The van der Waals surface area contributed by atoms with Gasteiger partial charge in [0, 0.05) is 11.8 Å². The lowest BCUT2D eigenvalue weighted by Gasteiger charge is -2.24. The number of carboxylic acid groups (broad SMARTS) is 1. The van der Waals surface area contributed by atoms with Gasteiger partial charge in [-0.25, -0.2) is 9.78 Å². The van der Waals surface area contributed by atoms with Gasteiger partial charge >= 0.3 is 5.97 Å². The Morgan fingerprint density at radius 2 is 2.16 bits per heavy atom. The molecule has 1 aliphatic carbocycles. The van der Waals surface area contributed by atoms with Crippen LogP contribution in [0, 0.1) is 18.8 Å². The Bertz CT molecular complexity index is 496. The van der Waals surface area contributed by atoms with Crippen molar-refractivity contribution in [2.45, 2.75) is 26.7 Å². The molecule has 0 saturated carbocycles. The third-order valence-corrected chi connectivity index (χ3v) is 3.54. The van der Waals surface area contributed by atoms with Crippen LogP contribution in [0.1, 0.15) is 35.8 Å². The van der Waals surface area contributed by atoms with E-state index in [0.29, 0.717) is 30.0 Å². The van der Waals surface area contributed by atoms with Crippen LogP contribution in [0.25, 0.3) is 0 Å². The maximum Gasteiger partial charge on any atom is 0.335 e. The molecule has 0 aliphatic heterocycles. The first-order valence-corrected chi connectivity index (χ1v) is 6.56. The number of aromatic nitrogens is 1. The Morgan fingerprint density at radius 3 is 2.84 bits per heavy atom. The number of ether oxygens (including phenoxy) is 1. The van der Waals surface area contributed by atoms with E-state index < -0.39 is 5.97 Å². The third-order valence-electron chi connectivity index (χ3n) is 3.54. The summed E-state index contributed by atoms with van der Waals surface area (Å²) in [6.07, 6.45) is 6.48. The molecule has 4 heteroatoms. The molecule has 0 saturated heterocycles. The van der Waals surface area contributed by atoms with E-state index in [-0.39, 0.29) is 5.56 Å². The van der Waals surface area contributed by atoms with Crippen LogP contribution in [0.4, 0.5) is 0 Å². The van der Waals surface area contributed by atoms with E-state index in [0.717, 1.165) is 12.8 Å². The Kier molecular flexibility index (Phi) is 4.20. The molecule has 1 heterocycles. The molecule has 0 amide bonds. The van der Waals surface area contributed by atoms with Gasteiger partial charge in [-0.3, -0.25) is 0 Å². The first-order chi connectivity index (χ1) is 9.06. The SMILES string of the molecule is Cc1cc(C(=O)O)cc(OCC2CC=CCC2C)n1. The van der Waals surface area contributed by atoms with Gasteiger partial charge in [0.15, 0.2) is 0 Å². The molecule has 102 valence electrons. The molecular formula is C15H19NO3. The monoisotopic (exact) mass is 261 g/mol. The topological polar surface area (TPSA) is 59.4 Å². The molecule has 1 aliphatic rings. The van der Waals surface area contributed by atoms with Crippen molar-refractivity contribution in [3.05, 3.63) is 35.5 Å². The van der Waals surface area contributed by atoms with Gasteiger partial charge in [0.1, 0.15) is 0 Å². The molecule has 1 aromatic rings. The first kappa shape index (κ1) is 13.6. The van der Waals surface area contributed by atoms with Crippen molar-refractivity contribution in [1.29, 1.82) is 0 Å². The summed E-state index contributed by atoms with van der Waals surface area (Å²) >= 11 is 0. The summed E-state index contributed by atoms with van der Waals surface area (Å²) in [5.74, 6) is 0.512. The molecular weight excluding hydrogens is 242 g/mol. The molecule has 0 fully saturated rings. The lowest BCUT2D eigenvalue weighted by Crippen LogP contribution is -2.21. The summed E-state index contributed by atoms with van der Waals surface area (Å²) in [6, 6.07) is 3.03. The van der Waals surface area contributed by atoms with Crippen molar-refractivity contribution in [3.63, 3.8) is 0 Å². The van der Waals surface area contributed by atoms with E-state index in [4.69, 9.17) is 9.84 Å². The minimum atomic E-state index is -0.954. The van der Waals surface area contributed by atoms with Crippen LogP contribution in [-0.4, -0.2) is 22.7 Å². The zero-order valence-electron chi connectivity index (χ0n) is 11.3. The maximum absolute atomic E-state index is 11.0. The average molecular weight is 261 g/mol. The maximum atomic E-state index is 11.0. The highest BCUT2D eigenvalue weighted by Gasteiger charge is 2.19. The van der Waals surface area contributed by atoms with E-state index >= 15 is 0 Å². The molecule has 0 spiro atoms. The number of rotatable bonds is 4. The lowest BCUT2D eigenvalue weighted by atomic mass is 9.85. The largest absolute Gasteiger partial charge is 0.478 e. The first-order valence-electron chi connectivity index (χ1n) is 6.56. The molecule has 4 nitrogen and oxygen atoms in total. The zero-order chi connectivity index (χ0) is 13.8. The van der Waals surface area contributed by atoms with Crippen molar-refractivity contribution < 1.29 is 14.6 Å². The normalized spacial score (nSPS) is 22.2. The second kappa shape index (κ2) is 5.87. The number of carbonyl (C=O) groups is 1. The van der Waals surface area contributed by atoms with Crippen molar-refractivity contribution >= 4 is 5.97 Å². The fourth-order valence-corrected chi connectivity index (χ4v) is 2.27. The highest BCUT2D eigenvalue weighted by molar-refractivity contribution is 5.87. The fourth-order valence-electron chi connectivity index (χ4n) is 2.27. The number of carboxylic acids is 1.